The third-order valence-electron chi connectivity index (χ3n) is 12.2. The number of benzene rings is 11. The number of anilines is 3. The van der Waals surface area contributed by atoms with Gasteiger partial charge in [0.15, 0.2) is 0 Å². The molecule has 0 aliphatic heterocycles. The Morgan fingerprint density at radius 3 is 0.968 bits per heavy atom. The minimum atomic E-state index is 1.08. The molecule has 0 saturated carbocycles. The molecule has 0 aliphatic rings. The lowest BCUT2D eigenvalue weighted by atomic mass is 9.84. The SMILES string of the molecule is c1ccc(-c2ccc(N(c3ccc(-c4ccc5c(-c6ccccc6)c(-c6ccccc6)c6ccccc6c5c4)cc3)c3cc(-c4ccccc4)cc(-c4ccccc4)c3)cc2)cc1. The molecule has 0 fully saturated rings. The first-order valence-corrected chi connectivity index (χ1v) is 21.7. The topological polar surface area (TPSA) is 3.24 Å². The second-order valence-corrected chi connectivity index (χ2v) is 16.1. The van der Waals surface area contributed by atoms with E-state index in [0.717, 1.165) is 17.1 Å². The molecule has 0 bridgehead atoms. The van der Waals surface area contributed by atoms with E-state index in [2.05, 4.69) is 266 Å². The number of nitrogens with zero attached hydrogens (tertiary/aromatic N) is 1. The van der Waals surface area contributed by atoms with E-state index in [4.69, 9.17) is 0 Å². The molecule has 1 nitrogen and oxygen atoms in total. The maximum absolute atomic E-state index is 2.39. The van der Waals surface area contributed by atoms with Crippen LogP contribution in [0.1, 0.15) is 0 Å². The molecule has 296 valence electrons. The molecule has 11 rings (SSSR count). The third kappa shape index (κ3) is 7.37. The lowest BCUT2D eigenvalue weighted by molar-refractivity contribution is 1.28. The lowest BCUT2D eigenvalue weighted by Gasteiger charge is -2.27. The van der Waals surface area contributed by atoms with Gasteiger partial charge in [-0.25, -0.2) is 0 Å². The minimum Gasteiger partial charge on any atom is -0.310 e. The number of hydrogen-bond donors (Lipinski definition) is 0. The van der Waals surface area contributed by atoms with Crippen LogP contribution in [0.4, 0.5) is 17.1 Å². The third-order valence-corrected chi connectivity index (χ3v) is 12.2. The summed E-state index contributed by atoms with van der Waals surface area (Å²) in [6.45, 7) is 0. The molecule has 0 unspecified atom stereocenters. The maximum Gasteiger partial charge on any atom is 0.0473 e. The van der Waals surface area contributed by atoms with Gasteiger partial charge in [-0.1, -0.05) is 212 Å². The van der Waals surface area contributed by atoms with Crippen LogP contribution in [0.15, 0.2) is 261 Å². The zero-order valence-corrected chi connectivity index (χ0v) is 34.8. The molecular weight excluding hydrogens is 759 g/mol. The van der Waals surface area contributed by atoms with Crippen molar-refractivity contribution in [1.82, 2.24) is 0 Å². The molecule has 1 heteroatoms. The van der Waals surface area contributed by atoms with Crippen molar-refractivity contribution in [3.63, 3.8) is 0 Å². The van der Waals surface area contributed by atoms with Gasteiger partial charge >= 0.3 is 0 Å². The van der Waals surface area contributed by atoms with E-state index in [-0.39, 0.29) is 0 Å². The van der Waals surface area contributed by atoms with E-state index in [1.807, 2.05) is 0 Å². The van der Waals surface area contributed by atoms with E-state index >= 15 is 0 Å². The Kier molecular flexibility index (Phi) is 9.97. The van der Waals surface area contributed by atoms with Gasteiger partial charge in [-0.2, -0.15) is 0 Å². The fourth-order valence-electron chi connectivity index (χ4n) is 9.20. The molecule has 0 aliphatic carbocycles. The van der Waals surface area contributed by atoms with Gasteiger partial charge in [0, 0.05) is 17.1 Å². The van der Waals surface area contributed by atoms with Gasteiger partial charge in [0.05, 0.1) is 0 Å². The fraction of sp³-hybridized carbons (Fsp3) is 0. The van der Waals surface area contributed by atoms with Crippen molar-refractivity contribution in [2.45, 2.75) is 0 Å². The van der Waals surface area contributed by atoms with Crippen molar-refractivity contribution >= 4 is 38.6 Å². The molecule has 0 radical (unpaired) electrons. The Balaban J connectivity index is 1.06. The summed E-state index contributed by atoms with van der Waals surface area (Å²) in [5.74, 6) is 0. The number of fused-ring (bicyclic) bond motifs is 3. The molecule has 0 heterocycles. The summed E-state index contributed by atoms with van der Waals surface area (Å²) in [4.78, 5) is 2.39. The molecule has 63 heavy (non-hydrogen) atoms. The Morgan fingerprint density at radius 2 is 0.508 bits per heavy atom. The first-order chi connectivity index (χ1) is 31.2. The lowest BCUT2D eigenvalue weighted by Crippen LogP contribution is -2.10. The van der Waals surface area contributed by atoms with E-state index in [9.17, 15) is 0 Å². The Morgan fingerprint density at radius 1 is 0.175 bits per heavy atom. The van der Waals surface area contributed by atoms with Gasteiger partial charge in [0.25, 0.3) is 0 Å². The molecule has 0 N–H and O–H groups in total. The summed E-state index contributed by atoms with van der Waals surface area (Å²) in [6.07, 6.45) is 0. The van der Waals surface area contributed by atoms with Crippen LogP contribution in [0, 0.1) is 0 Å². The smallest absolute Gasteiger partial charge is 0.0473 e. The highest BCUT2D eigenvalue weighted by Gasteiger charge is 2.20. The van der Waals surface area contributed by atoms with E-state index in [1.54, 1.807) is 0 Å². The van der Waals surface area contributed by atoms with Gasteiger partial charge in [-0.15, -0.1) is 0 Å². The summed E-state index contributed by atoms with van der Waals surface area (Å²) in [6, 6.07) is 94.6. The Bertz CT molecular complexity index is 3270. The standard InChI is InChI=1S/C62H43N/c1-6-18-44(19-7-1)47-30-35-54(36-31-47)63(56-41-52(45-20-8-2-9-21-45)40-53(42-56)46-22-10-3-11-23-46)55-37-32-48(33-38-55)51-34-39-59-60(43-51)57-28-16-17-29-58(57)61(49-24-12-4-13-25-49)62(59)50-26-14-5-15-27-50/h1-43H. The molecular formula is C62H43N. The maximum atomic E-state index is 2.39. The molecule has 11 aromatic carbocycles. The summed E-state index contributed by atoms with van der Waals surface area (Å²) >= 11 is 0. The highest BCUT2D eigenvalue weighted by atomic mass is 15.1. The van der Waals surface area contributed by atoms with Crippen molar-refractivity contribution in [3.05, 3.63) is 261 Å². The second kappa shape index (κ2) is 16.7. The van der Waals surface area contributed by atoms with Gasteiger partial charge in [-0.3, -0.25) is 0 Å². The van der Waals surface area contributed by atoms with Gasteiger partial charge in [0.1, 0.15) is 0 Å². The highest BCUT2D eigenvalue weighted by molar-refractivity contribution is 6.22. The van der Waals surface area contributed by atoms with Crippen molar-refractivity contribution in [2.75, 3.05) is 4.90 Å². The van der Waals surface area contributed by atoms with Crippen LogP contribution in [-0.4, -0.2) is 0 Å². The molecule has 0 spiro atoms. The molecule has 0 atom stereocenters. The summed E-state index contributed by atoms with van der Waals surface area (Å²) in [5.41, 5.74) is 17.7. The predicted octanol–water partition coefficient (Wildman–Crippen LogP) is 17.5. The zero-order chi connectivity index (χ0) is 42.0. The van der Waals surface area contributed by atoms with E-state index in [0.29, 0.717) is 0 Å². The van der Waals surface area contributed by atoms with Crippen LogP contribution in [0.2, 0.25) is 0 Å². The van der Waals surface area contributed by atoms with Crippen molar-refractivity contribution < 1.29 is 0 Å². The molecule has 0 saturated heterocycles. The number of rotatable bonds is 9. The zero-order valence-electron chi connectivity index (χ0n) is 34.8. The van der Waals surface area contributed by atoms with E-state index < -0.39 is 0 Å². The quantitative estimate of drug-likeness (QED) is 0.131. The van der Waals surface area contributed by atoms with Crippen LogP contribution in [0.5, 0.6) is 0 Å². The van der Waals surface area contributed by atoms with E-state index in [1.165, 1.54) is 88.3 Å². The fourth-order valence-corrected chi connectivity index (χ4v) is 9.20. The summed E-state index contributed by atoms with van der Waals surface area (Å²) in [5, 5.41) is 5.00. The van der Waals surface area contributed by atoms with Crippen molar-refractivity contribution in [2.24, 2.45) is 0 Å². The van der Waals surface area contributed by atoms with Crippen LogP contribution < -0.4 is 4.90 Å². The average molecular weight is 802 g/mol. The normalized spacial score (nSPS) is 11.2. The van der Waals surface area contributed by atoms with Crippen LogP contribution in [0.3, 0.4) is 0 Å². The van der Waals surface area contributed by atoms with Crippen LogP contribution in [0.25, 0.3) is 88.3 Å². The predicted molar refractivity (Wildman–Crippen MR) is 269 cm³/mol. The van der Waals surface area contributed by atoms with Crippen molar-refractivity contribution in [3.8, 4) is 66.8 Å². The first kappa shape index (κ1) is 37.7. The summed E-state index contributed by atoms with van der Waals surface area (Å²) < 4.78 is 0. The number of hydrogen-bond acceptors (Lipinski definition) is 1. The largest absolute Gasteiger partial charge is 0.310 e. The van der Waals surface area contributed by atoms with Crippen LogP contribution >= 0.6 is 0 Å². The van der Waals surface area contributed by atoms with Gasteiger partial charge in [-0.05, 0) is 137 Å². The van der Waals surface area contributed by atoms with Crippen LogP contribution in [-0.2, 0) is 0 Å². The second-order valence-electron chi connectivity index (χ2n) is 16.1. The monoisotopic (exact) mass is 801 g/mol. The van der Waals surface area contributed by atoms with Gasteiger partial charge in [0.2, 0.25) is 0 Å². The van der Waals surface area contributed by atoms with Crippen molar-refractivity contribution in [1.29, 1.82) is 0 Å². The molecule has 11 aromatic rings. The first-order valence-electron chi connectivity index (χ1n) is 21.7. The highest BCUT2D eigenvalue weighted by Crippen LogP contribution is 2.46. The molecule has 0 aromatic heterocycles. The minimum absolute atomic E-state index is 1.08. The Labute approximate surface area is 369 Å². The summed E-state index contributed by atoms with van der Waals surface area (Å²) in [7, 11) is 0. The Hall–Kier alpha value is -8.26. The van der Waals surface area contributed by atoms with Gasteiger partial charge < -0.3 is 4.90 Å². The molecule has 0 amide bonds. The average Bonchev–Trinajstić information content (AvgIpc) is 3.37.